The Balaban J connectivity index is 2.33. The molecule has 0 aliphatic heterocycles. The van der Waals surface area contributed by atoms with E-state index in [2.05, 4.69) is 18.0 Å². The molecule has 0 bridgehead atoms. The van der Waals surface area contributed by atoms with Crippen molar-refractivity contribution in [2.24, 2.45) is 11.7 Å². The van der Waals surface area contributed by atoms with Crippen LogP contribution in [0.25, 0.3) is 0 Å². The highest BCUT2D eigenvalue weighted by molar-refractivity contribution is 5.09. The van der Waals surface area contributed by atoms with E-state index in [-0.39, 0.29) is 6.04 Å². The van der Waals surface area contributed by atoms with Gasteiger partial charge >= 0.3 is 0 Å². The van der Waals surface area contributed by atoms with Crippen LogP contribution >= 0.6 is 0 Å². The zero-order valence-corrected chi connectivity index (χ0v) is 9.52. The Hall–Kier alpha value is -0.930. The third kappa shape index (κ3) is 4.91. The highest BCUT2D eigenvalue weighted by Gasteiger charge is 2.09. The molecule has 0 aliphatic rings. The molecule has 0 amide bonds. The molecule has 0 radical (unpaired) electrons. The van der Waals surface area contributed by atoms with Crippen molar-refractivity contribution in [2.45, 2.75) is 25.8 Å². The summed E-state index contributed by atoms with van der Waals surface area (Å²) in [5.74, 6) is 0.515. The summed E-state index contributed by atoms with van der Waals surface area (Å²) in [5, 5.41) is 0. The van der Waals surface area contributed by atoms with Gasteiger partial charge < -0.3 is 10.5 Å². The Morgan fingerprint density at radius 2 is 2.33 bits per heavy atom. The zero-order valence-electron chi connectivity index (χ0n) is 9.52. The van der Waals surface area contributed by atoms with Gasteiger partial charge in [0.2, 0.25) is 0 Å². The van der Waals surface area contributed by atoms with Crippen LogP contribution in [-0.4, -0.2) is 24.7 Å². The third-order valence-corrected chi connectivity index (χ3v) is 2.38. The Kier molecular flexibility index (Phi) is 5.29. The molecule has 0 aliphatic carbocycles. The van der Waals surface area contributed by atoms with E-state index >= 15 is 0 Å². The number of hydrogen-bond donors (Lipinski definition) is 1. The fourth-order valence-electron chi connectivity index (χ4n) is 1.77. The van der Waals surface area contributed by atoms with Gasteiger partial charge in [-0.2, -0.15) is 0 Å². The maximum absolute atomic E-state index is 6.05. The predicted octanol–water partition coefficient (Wildman–Crippen LogP) is 1.62. The standard InChI is InChI=1S/C12H20N2O/c1-10(9-15-2)6-12(13)7-11-4-3-5-14-8-11/h3-5,8,10,12H,6-7,9,13H2,1-2H3. The van der Waals surface area contributed by atoms with E-state index in [1.807, 2.05) is 12.3 Å². The first-order chi connectivity index (χ1) is 7.22. The van der Waals surface area contributed by atoms with Gasteiger partial charge in [0.25, 0.3) is 0 Å². The number of aromatic nitrogens is 1. The van der Waals surface area contributed by atoms with E-state index in [0.717, 1.165) is 19.4 Å². The van der Waals surface area contributed by atoms with Crippen molar-refractivity contribution < 1.29 is 4.74 Å². The van der Waals surface area contributed by atoms with E-state index in [0.29, 0.717) is 5.92 Å². The van der Waals surface area contributed by atoms with Crippen LogP contribution in [0.15, 0.2) is 24.5 Å². The Morgan fingerprint density at radius 1 is 1.53 bits per heavy atom. The van der Waals surface area contributed by atoms with Crippen molar-refractivity contribution in [3.63, 3.8) is 0 Å². The summed E-state index contributed by atoms with van der Waals surface area (Å²) in [4.78, 5) is 4.07. The van der Waals surface area contributed by atoms with Gasteiger partial charge in [-0.3, -0.25) is 4.98 Å². The molecule has 0 fully saturated rings. The number of pyridine rings is 1. The SMILES string of the molecule is COCC(C)CC(N)Cc1cccnc1. The molecular formula is C12H20N2O. The average Bonchev–Trinajstić information content (AvgIpc) is 2.19. The Labute approximate surface area is 91.7 Å². The molecule has 0 saturated carbocycles. The first kappa shape index (κ1) is 12.1. The first-order valence-corrected chi connectivity index (χ1v) is 5.35. The van der Waals surface area contributed by atoms with Gasteiger partial charge in [0.05, 0.1) is 0 Å². The topological polar surface area (TPSA) is 48.1 Å². The highest BCUT2D eigenvalue weighted by atomic mass is 16.5. The minimum absolute atomic E-state index is 0.194. The van der Waals surface area contributed by atoms with Crippen LogP contribution in [0.5, 0.6) is 0 Å². The highest BCUT2D eigenvalue weighted by Crippen LogP contribution is 2.09. The van der Waals surface area contributed by atoms with Crippen molar-refractivity contribution in [3.8, 4) is 0 Å². The summed E-state index contributed by atoms with van der Waals surface area (Å²) in [6.07, 6.45) is 5.54. The van der Waals surface area contributed by atoms with Crippen LogP contribution in [0.4, 0.5) is 0 Å². The van der Waals surface area contributed by atoms with Crippen molar-refractivity contribution in [1.82, 2.24) is 4.98 Å². The van der Waals surface area contributed by atoms with Crippen molar-refractivity contribution in [1.29, 1.82) is 0 Å². The number of nitrogens with two attached hydrogens (primary N) is 1. The molecule has 2 atom stereocenters. The minimum atomic E-state index is 0.194. The van der Waals surface area contributed by atoms with Gasteiger partial charge in [0, 0.05) is 32.2 Å². The number of ether oxygens (including phenoxy) is 1. The summed E-state index contributed by atoms with van der Waals surface area (Å²) >= 11 is 0. The first-order valence-electron chi connectivity index (χ1n) is 5.35. The molecule has 1 heterocycles. The lowest BCUT2D eigenvalue weighted by molar-refractivity contribution is 0.152. The largest absolute Gasteiger partial charge is 0.384 e. The van der Waals surface area contributed by atoms with E-state index in [1.54, 1.807) is 13.3 Å². The van der Waals surface area contributed by atoms with Crippen molar-refractivity contribution in [2.75, 3.05) is 13.7 Å². The van der Waals surface area contributed by atoms with Crippen LogP contribution in [-0.2, 0) is 11.2 Å². The summed E-state index contributed by atoms with van der Waals surface area (Å²) < 4.78 is 5.09. The van der Waals surface area contributed by atoms with E-state index in [1.165, 1.54) is 5.56 Å². The average molecular weight is 208 g/mol. The summed E-state index contributed by atoms with van der Waals surface area (Å²) in [7, 11) is 1.73. The minimum Gasteiger partial charge on any atom is -0.384 e. The second-order valence-electron chi connectivity index (χ2n) is 4.12. The normalized spacial score (nSPS) is 14.9. The van der Waals surface area contributed by atoms with Crippen molar-refractivity contribution >= 4 is 0 Å². The maximum atomic E-state index is 6.05. The van der Waals surface area contributed by atoms with Crippen LogP contribution < -0.4 is 5.73 Å². The second kappa shape index (κ2) is 6.53. The molecule has 2 N–H and O–H groups in total. The molecule has 84 valence electrons. The Morgan fingerprint density at radius 3 is 2.93 bits per heavy atom. The Bertz CT molecular complexity index is 264. The monoisotopic (exact) mass is 208 g/mol. The molecule has 15 heavy (non-hydrogen) atoms. The summed E-state index contributed by atoms with van der Waals surface area (Å²) in [6.45, 7) is 2.94. The van der Waals surface area contributed by atoms with Crippen LogP contribution in [0.3, 0.4) is 0 Å². The lowest BCUT2D eigenvalue weighted by Gasteiger charge is -2.16. The lowest BCUT2D eigenvalue weighted by Crippen LogP contribution is -2.26. The molecule has 2 unspecified atom stereocenters. The predicted molar refractivity (Wildman–Crippen MR) is 61.6 cm³/mol. The van der Waals surface area contributed by atoms with E-state index in [9.17, 15) is 0 Å². The van der Waals surface area contributed by atoms with Gasteiger partial charge in [0.15, 0.2) is 0 Å². The van der Waals surface area contributed by atoms with Crippen LogP contribution in [0.1, 0.15) is 18.9 Å². The summed E-state index contributed by atoms with van der Waals surface area (Å²) in [6, 6.07) is 4.20. The molecule has 1 aromatic rings. The van der Waals surface area contributed by atoms with Gasteiger partial charge in [0.1, 0.15) is 0 Å². The van der Waals surface area contributed by atoms with Gasteiger partial charge in [-0.25, -0.2) is 0 Å². The summed E-state index contributed by atoms with van der Waals surface area (Å²) in [5.41, 5.74) is 7.26. The lowest BCUT2D eigenvalue weighted by atomic mass is 9.98. The molecule has 3 nitrogen and oxygen atoms in total. The third-order valence-electron chi connectivity index (χ3n) is 2.38. The molecule has 0 spiro atoms. The molecule has 1 rings (SSSR count). The molecule has 3 heteroatoms. The van der Waals surface area contributed by atoms with Crippen molar-refractivity contribution in [3.05, 3.63) is 30.1 Å². The molecule has 0 saturated heterocycles. The fourth-order valence-corrected chi connectivity index (χ4v) is 1.77. The number of nitrogens with zero attached hydrogens (tertiary/aromatic N) is 1. The quantitative estimate of drug-likeness (QED) is 0.773. The fraction of sp³-hybridized carbons (Fsp3) is 0.583. The van der Waals surface area contributed by atoms with E-state index < -0.39 is 0 Å². The van der Waals surface area contributed by atoms with Crippen LogP contribution in [0.2, 0.25) is 0 Å². The number of hydrogen-bond acceptors (Lipinski definition) is 3. The molecule has 0 aromatic carbocycles. The molecule has 1 aromatic heterocycles. The number of rotatable bonds is 6. The maximum Gasteiger partial charge on any atom is 0.0488 e. The second-order valence-corrected chi connectivity index (χ2v) is 4.12. The van der Waals surface area contributed by atoms with E-state index in [4.69, 9.17) is 10.5 Å². The molecular weight excluding hydrogens is 188 g/mol. The smallest absolute Gasteiger partial charge is 0.0488 e. The van der Waals surface area contributed by atoms with Gasteiger partial charge in [-0.05, 0) is 30.4 Å². The zero-order chi connectivity index (χ0) is 11.1. The van der Waals surface area contributed by atoms with Crippen LogP contribution in [0, 0.1) is 5.92 Å². The van der Waals surface area contributed by atoms with Gasteiger partial charge in [-0.15, -0.1) is 0 Å². The van der Waals surface area contributed by atoms with Gasteiger partial charge in [-0.1, -0.05) is 13.0 Å². The number of methoxy groups -OCH3 is 1.